The van der Waals surface area contributed by atoms with Crippen LogP contribution in [0.5, 0.6) is 0 Å². The predicted octanol–water partition coefficient (Wildman–Crippen LogP) is 2.21. The molecule has 0 spiro atoms. The van der Waals surface area contributed by atoms with Gasteiger partial charge in [0.05, 0.1) is 0 Å². The third-order valence-corrected chi connectivity index (χ3v) is 4.73. The zero-order valence-corrected chi connectivity index (χ0v) is 12.7. The fourth-order valence-electron chi connectivity index (χ4n) is 3.29. The van der Waals surface area contributed by atoms with Gasteiger partial charge in [0.15, 0.2) is 0 Å². The molecule has 110 valence electrons. The molecule has 0 bridgehead atoms. The molecule has 2 heterocycles. The summed E-state index contributed by atoms with van der Waals surface area (Å²) in [5, 5.41) is 6.67. The van der Waals surface area contributed by atoms with Crippen LogP contribution in [0.1, 0.15) is 46.5 Å². The highest BCUT2D eigenvalue weighted by atomic mass is 16.2. The molecule has 2 aliphatic heterocycles. The first kappa shape index (κ1) is 14.6. The number of likely N-dealkylation sites (tertiary alicyclic amines) is 1. The van der Waals surface area contributed by atoms with E-state index in [4.69, 9.17) is 0 Å². The SMILES string of the molecule is CC1CCCN(C(=O)NCC2NCCCC2(C)C)C1. The molecule has 0 aromatic rings. The van der Waals surface area contributed by atoms with E-state index in [1.165, 1.54) is 19.3 Å². The lowest BCUT2D eigenvalue weighted by Gasteiger charge is -2.40. The van der Waals surface area contributed by atoms with Crippen molar-refractivity contribution in [1.29, 1.82) is 0 Å². The van der Waals surface area contributed by atoms with Gasteiger partial charge in [0.25, 0.3) is 0 Å². The minimum Gasteiger partial charge on any atom is -0.336 e. The Labute approximate surface area is 117 Å². The molecule has 2 fully saturated rings. The summed E-state index contributed by atoms with van der Waals surface area (Å²) in [6.07, 6.45) is 4.87. The van der Waals surface area contributed by atoms with E-state index >= 15 is 0 Å². The second-order valence-electron chi connectivity index (χ2n) is 6.98. The van der Waals surface area contributed by atoms with Crippen molar-refractivity contribution in [3.63, 3.8) is 0 Å². The lowest BCUT2D eigenvalue weighted by Crippen LogP contribution is -2.55. The van der Waals surface area contributed by atoms with Gasteiger partial charge in [-0.25, -0.2) is 4.79 Å². The van der Waals surface area contributed by atoms with Gasteiger partial charge < -0.3 is 15.5 Å². The standard InChI is InChI=1S/C15H29N3O/c1-12-6-4-9-18(11-12)14(19)17-10-13-15(2,3)7-5-8-16-13/h12-13,16H,4-11H2,1-3H3,(H,17,19). The molecule has 2 rings (SSSR count). The molecule has 0 aliphatic carbocycles. The number of carbonyl (C=O) groups excluding carboxylic acids is 1. The van der Waals surface area contributed by atoms with Crippen molar-refractivity contribution in [2.24, 2.45) is 11.3 Å². The number of nitrogens with zero attached hydrogens (tertiary/aromatic N) is 1. The van der Waals surface area contributed by atoms with Crippen molar-refractivity contribution in [3.05, 3.63) is 0 Å². The molecule has 2 amide bonds. The van der Waals surface area contributed by atoms with Crippen molar-refractivity contribution in [2.75, 3.05) is 26.2 Å². The van der Waals surface area contributed by atoms with Crippen molar-refractivity contribution < 1.29 is 4.79 Å². The van der Waals surface area contributed by atoms with E-state index < -0.39 is 0 Å². The summed E-state index contributed by atoms with van der Waals surface area (Å²) in [6.45, 7) is 10.5. The van der Waals surface area contributed by atoms with E-state index in [1.807, 2.05) is 4.90 Å². The highest BCUT2D eigenvalue weighted by Gasteiger charge is 2.32. The van der Waals surface area contributed by atoms with E-state index in [1.54, 1.807) is 0 Å². The van der Waals surface area contributed by atoms with Crippen LogP contribution < -0.4 is 10.6 Å². The van der Waals surface area contributed by atoms with Crippen molar-refractivity contribution in [1.82, 2.24) is 15.5 Å². The maximum atomic E-state index is 12.2. The van der Waals surface area contributed by atoms with Crippen LogP contribution in [0.4, 0.5) is 4.79 Å². The Morgan fingerprint density at radius 2 is 2.21 bits per heavy atom. The molecular formula is C15H29N3O. The molecule has 2 N–H and O–H groups in total. The third-order valence-electron chi connectivity index (χ3n) is 4.73. The van der Waals surface area contributed by atoms with Crippen LogP contribution in [-0.4, -0.2) is 43.2 Å². The Morgan fingerprint density at radius 3 is 2.89 bits per heavy atom. The fraction of sp³-hybridized carbons (Fsp3) is 0.933. The van der Waals surface area contributed by atoms with E-state index in [2.05, 4.69) is 31.4 Å². The highest BCUT2D eigenvalue weighted by molar-refractivity contribution is 5.74. The molecule has 2 saturated heterocycles. The predicted molar refractivity (Wildman–Crippen MR) is 78.2 cm³/mol. The van der Waals surface area contributed by atoms with Gasteiger partial charge in [-0.05, 0) is 43.6 Å². The van der Waals surface area contributed by atoms with Crippen molar-refractivity contribution in [2.45, 2.75) is 52.5 Å². The summed E-state index contributed by atoms with van der Waals surface area (Å²) < 4.78 is 0. The number of piperidine rings is 2. The summed E-state index contributed by atoms with van der Waals surface area (Å²) in [7, 11) is 0. The van der Waals surface area contributed by atoms with Crippen LogP contribution in [0.3, 0.4) is 0 Å². The molecule has 0 aromatic carbocycles. The van der Waals surface area contributed by atoms with Gasteiger partial charge in [0.2, 0.25) is 0 Å². The van der Waals surface area contributed by atoms with Gasteiger partial charge in [0.1, 0.15) is 0 Å². The monoisotopic (exact) mass is 267 g/mol. The first-order chi connectivity index (χ1) is 8.99. The summed E-state index contributed by atoms with van der Waals surface area (Å²) in [6, 6.07) is 0.516. The minimum absolute atomic E-state index is 0.120. The van der Waals surface area contributed by atoms with Crippen LogP contribution in [0.15, 0.2) is 0 Å². The zero-order chi connectivity index (χ0) is 13.9. The van der Waals surface area contributed by atoms with Gasteiger partial charge in [-0.15, -0.1) is 0 Å². The summed E-state index contributed by atoms with van der Waals surface area (Å²) in [4.78, 5) is 14.2. The van der Waals surface area contributed by atoms with Crippen molar-refractivity contribution >= 4 is 6.03 Å². The van der Waals surface area contributed by atoms with Gasteiger partial charge in [-0.2, -0.15) is 0 Å². The number of rotatable bonds is 2. The van der Waals surface area contributed by atoms with Crippen LogP contribution in [0, 0.1) is 11.3 Å². The molecule has 2 aliphatic rings. The quantitative estimate of drug-likeness (QED) is 0.805. The highest BCUT2D eigenvalue weighted by Crippen LogP contribution is 2.29. The number of carbonyl (C=O) groups is 1. The largest absolute Gasteiger partial charge is 0.336 e. The number of nitrogens with one attached hydrogen (secondary N) is 2. The number of amides is 2. The summed E-state index contributed by atoms with van der Waals surface area (Å²) in [5.74, 6) is 0.642. The summed E-state index contributed by atoms with van der Waals surface area (Å²) >= 11 is 0. The van der Waals surface area contributed by atoms with E-state index in [0.717, 1.165) is 32.6 Å². The Balaban J connectivity index is 1.79. The molecule has 2 atom stereocenters. The fourth-order valence-corrected chi connectivity index (χ4v) is 3.29. The molecule has 0 saturated carbocycles. The Morgan fingerprint density at radius 1 is 1.42 bits per heavy atom. The van der Waals surface area contributed by atoms with E-state index in [9.17, 15) is 4.79 Å². The van der Waals surface area contributed by atoms with Gasteiger partial charge in [0, 0.05) is 25.7 Å². The van der Waals surface area contributed by atoms with Gasteiger partial charge in [-0.1, -0.05) is 20.8 Å². The zero-order valence-electron chi connectivity index (χ0n) is 12.7. The Kier molecular flexibility index (Phi) is 4.71. The second-order valence-corrected chi connectivity index (χ2v) is 6.98. The van der Waals surface area contributed by atoms with Crippen LogP contribution in [-0.2, 0) is 0 Å². The lowest BCUT2D eigenvalue weighted by atomic mass is 9.77. The van der Waals surface area contributed by atoms with Gasteiger partial charge in [-0.3, -0.25) is 0 Å². The number of hydrogen-bond donors (Lipinski definition) is 2. The summed E-state index contributed by atoms with van der Waals surface area (Å²) in [5.41, 5.74) is 0.278. The smallest absolute Gasteiger partial charge is 0.317 e. The number of hydrogen-bond acceptors (Lipinski definition) is 2. The van der Waals surface area contributed by atoms with E-state index in [0.29, 0.717) is 12.0 Å². The average Bonchev–Trinajstić information content (AvgIpc) is 2.36. The van der Waals surface area contributed by atoms with Crippen LogP contribution in [0.25, 0.3) is 0 Å². The molecular weight excluding hydrogens is 238 g/mol. The Bertz CT molecular complexity index is 317. The molecule has 2 unspecified atom stereocenters. The lowest BCUT2D eigenvalue weighted by molar-refractivity contribution is 0.153. The van der Waals surface area contributed by atoms with E-state index in [-0.39, 0.29) is 11.4 Å². The first-order valence-corrected chi connectivity index (χ1v) is 7.75. The topological polar surface area (TPSA) is 44.4 Å². The molecule has 0 aromatic heterocycles. The third kappa shape index (κ3) is 3.85. The first-order valence-electron chi connectivity index (χ1n) is 7.75. The normalized spacial score (nSPS) is 31.0. The maximum Gasteiger partial charge on any atom is 0.317 e. The average molecular weight is 267 g/mol. The molecule has 4 nitrogen and oxygen atoms in total. The van der Waals surface area contributed by atoms with Crippen molar-refractivity contribution in [3.8, 4) is 0 Å². The second kappa shape index (κ2) is 6.12. The molecule has 0 radical (unpaired) electrons. The number of urea groups is 1. The van der Waals surface area contributed by atoms with Gasteiger partial charge >= 0.3 is 6.03 Å². The Hall–Kier alpha value is -0.770. The van der Waals surface area contributed by atoms with Crippen LogP contribution >= 0.6 is 0 Å². The molecule has 19 heavy (non-hydrogen) atoms. The van der Waals surface area contributed by atoms with Crippen LogP contribution in [0.2, 0.25) is 0 Å². The maximum absolute atomic E-state index is 12.2. The molecule has 4 heteroatoms. The minimum atomic E-state index is 0.120.